The molecule has 0 unspecified atom stereocenters. The van der Waals surface area contributed by atoms with Gasteiger partial charge in [0, 0.05) is 0 Å². The highest BCUT2D eigenvalue weighted by atomic mass is 32.2. The second kappa shape index (κ2) is 5.28. The van der Waals surface area contributed by atoms with Crippen LogP contribution in [-0.4, -0.2) is 25.2 Å². The minimum absolute atomic E-state index is 0.167. The molecule has 4 nitrogen and oxygen atoms in total. The van der Waals surface area contributed by atoms with E-state index in [1.165, 1.54) is 0 Å². The molecule has 1 aromatic rings. The number of sulfone groups is 1. The number of hydrogen-bond donors (Lipinski definition) is 1. The summed E-state index contributed by atoms with van der Waals surface area (Å²) in [6.45, 7) is 5.69. The van der Waals surface area contributed by atoms with E-state index in [-0.39, 0.29) is 16.7 Å². The second-order valence-corrected chi connectivity index (χ2v) is 7.66. The van der Waals surface area contributed by atoms with E-state index < -0.39 is 26.5 Å². The molecule has 1 rings (SSSR count). The quantitative estimate of drug-likeness (QED) is 0.924. The first kappa shape index (κ1) is 15.6. The van der Waals surface area contributed by atoms with Crippen molar-refractivity contribution in [3.8, 4) is 0 Å². The van der Waals surface area contributed by atoms with Gasteiger partial charge in [-0.2, -0.15) is 0 Å². The van der Waals surface area contributed by atoms with Crippen LogP contribution in [0.1, 0.15) is 37.6 Å². The molecule has 0 heterocycles. The summed E-state index contributed by atoms with van der Waals surface area (Å²) in [6.07, 6.45) is 0.398. The maximum atomic E-state index is 13.7. The lowest BCUT2D eigenvalue weighted by molar-refractivity contribution is 0.0696. The van der Waals surface area contributed by atoms with Crippen LogP contribution in [0.4, 0.5) is 4.39 Å². The van der Waals surface area contributed by atoms with Crippen molar-refractivity contribution < 1.29 is 22.7 Å². The van der Waals surface area contributed by atoms with Gasteiger partial charge in [0.1, 0.15) is 10.7 Å². The summed E-state index contributed by atoms with van der Waals surface area (Å²) >= 11 is 0. The average Bonchev–Trinajstić information content (AvgIpc) is 2.25. The molecule has 0 aromatic heterocycles. The first-order chi connectivity index (χ1) is 8.53. The average molecular weight is 288 g/mol. The third-order valence-corrected chi connectivity index (χ3v) is 4.38. The molecule has 6 heteroatoms. The van der Waals surface area contributed by atoms with Crippen molar-refractivity contribution in [3.63, 3.8) is 0 Å². The summed E-state index contributed by atoms with van der Waals surface area (Å²) in [7, 11) is -3.73. The maximum Gasteiger partial charge on any atom is 0.335 e. The van der Waals surface area contributed by atoms with Crippen LogP contribution in [0.3, 0.4) is 0 Å². The second-order valence-electron chi connectivity index (χ2n) is 5.58. The Bertz CT molecular complexity index is 585. The summed E-state index contributed by atoms with van der Waals surface area (Å²) in [4.78, 5) is 10.2. The number of benzene rings is 1. The molecule has 19 heavy (non-hydrogen) atoms. The van der Waals surface area contributed by atoms with Gasteiger partial charge in [-0.05, 0) is 30.0 Å². The molecule has 0 aliphatic carbocycles. The van der Waals surface area contributed by atoms with Gasteiger partial charge in [-0.1, -0.05) is 20.8 Å². The molecule has 0 saturated carbocycles. The van der Waals surface area contributed by atoms with E-state index in [9.17, 15) is 17.6 Å². The zero-order valence-electron chi connectivity index (χ0n) is 11.1. The van der Waals surface area contributed by atoms with Gasteiger partial charge in [-0.3, -0.25) is 0 Å². The predicted octanol–water partition coefficient (Wildman–Crippen LogP) is 2.73. The van der Waals surface area contributed by atoms with Gasteiger partial charge in [-0.15, -0.1) is 0 Å². The van der Waals surface area contributed by atoms with Crippen LogP contribution in [0, 0.1) is 11.2 Å². The molecule has 0 amide bonds. The molecule has 0 saturated heterocycles. The summed E-state index contributed by atoms with van der Waals surface area (Å²) in [5, 5.41) is 8.70. The molecule has 0 bridgehead atoms. The number of carboxylic acids is 1. The van der Waals surface area contributed by atoms with Crippen molar-refractivity contribution in [2.75, 3.05) is 5.75 Å². The Morgan fingerprint density at radius 1 is 1.32 bits per heavy atom. The number of hydrogen-bond acceptors (Lipinski definition) is 3. The van der Waals surface area contributed by atoms with E-state index >= 15 is 0 Å². The van der Waals surface area contributed by atoms with Gasteiger partial charge in [-0.25, -0.2) is 17.6 Å². The molecular weight excluding hydrogens is 271 g/mol. The van der Waals surface area contributed by atoms with Crippen molar-refractivity contribution in [1.29, 1.82) is 0 Å². The lowest BCUT2D eigenvalue weighted by atomic mass is 9.94. The summed E-state index contributed by atoms with van der Waals surface area (Å²) in [6, 6.07) is 2.83. The van der Waals surface area contributed by atoms with Gasteiger partial charge >= 0.3 is 5.97 Å². The number of rotatable bonds is 4. The SMILES string of the molecule is CC(C)(C)CCS(=O)(=O)c1ccc(C(=O)O)cc1F. The molecule has 0 aliphatic rings. The van der Waals surface area contributed by atoms with Crippen molar-refractivity contribution >= 4 is 15.8 Å². The smallest absolute Gasteiger partial charge is 0.335 e. The fraction of sp³-hybridized carbons (Fsp3) is 0.462. The van der Waals surface area contributed by atoms with E-state index in [0.717, 1.165) is 18.2 Å². The normalized spacial score (nSPS) is 12.4. The molecule has 0 fully saturated rings. The topological polar surface area (TPSA) is 71.4 Å². The van der Waals surface area contributed by atoms with E-state index in [1.807, 2.05) is 20.8 Å². The molecule has 0 atom stereocenters. The highest BCUT2D eigenvalue weighted by Gasteiger charge is 2.23. The Labute approximate surface area is 112 Å². The fourth-order valence-corrected chi connectivity index (χ4v) is 3.17. The van der Waals surface area contributed by atoms with Crippen LogP contribution < -0.4 is 0 Å². The predicted molar refractivity (Wildman–Crippen MR) is 69.5 cm³/mol. The van der Waals surface area contributed by atoms with Crippen molar-refractivity contribution in [2.45, 2.75) is 32.1 Å². The zero-order valence-corrected chi connectivity index (χ0v) is 11.9. The van der Waals surface area contributed by atoms with E-state index in [4.69, 9.17) is 5.11 Å². The minimum Gasteiger partial charge on any atom is -0.478 e. The van der Waals surface area contributed by atoms with E-state index in [0.29, 0.717) is 6.42 Å². The minimum atomic E-state index is -3.73. The number of halogens is 1. The lowest BCUT2D eigenvalue weighted by Gasteiger charge is -2.17. The van der Waals surface area contributed by atoms with Crippen LogP contribution in [0.5, 0.6) is 0 Å². The Kier molecular flexibility index (Phi) is 4.35. The fourth-order valence-electron chi connectivity index (χ4n) is 1.44. The van der Waals surface area contributed by atoms with Crippen LogP contribution >= 0.6 is 0 Å². The van der Waals surface area contributed by atoms with Crippen LogP contribution in [-0.2, 0) is 9.84 Å². The Balaban J connectivity index is 3.06. The largest absolute Gasteiger partial charge is 0.478 e. The first-order valence-electron chi connectivity index (χ1n) is 5.78. The number of carbonyl (C=O) groups is 1. The van der Waals surface area contributed by atoms with Crippen LogP contribution in [0.15, 0.2) is 23.1 Å². The van der Waals surface area contributed by atoms with Gasteiger partial charge < -0.3 is 5.11 Å². The first-order valence-corrected chi connectivity index (χ1v) is 7.44. The Morgan fingerprint density at radius 3 is 2.32 bits per heavy atom. The number of aromatic carboxylic acids is 1. The van der Waals surface area contributed by atoms with Crippen molar-refractivity contribution in [3.05, 3.63) is 29.6 Å². The number of carboxylic acid groups (broad SMARTS) is 1. The molecule has 0 spiro atoms. The Morgan fingerprint density at radius 2 is 1.89 bits per heavy atom. The van der Waals surface area contributed by atoms with Crippen LogP contribution in [0.2, 0.25) is 0 Å². The molecular formula is C13H17FO4S. The Hall–Kier alpha value is -1.43. The summed E-state index contributed by atoms with van der Waals surface area (Å²) in [5.74, 6) is -2.48. The molecule has 1 N–H and O–H groups in total. The molecule has 0 aliphatic heterocycles. The van der Waals surface area contributed by atoms with Gasteiger partial charge in [0.2, 0.25) is 0 Å². The summed E-state index contributed by atoms with van der Waals surface area (Å²) < 4.78 is 37.7. The summed E-state index contributed by atoms with van der Waals surface area (Å²) in [5.41, 5.74) is -0.447. The standard InChI is InChI=1S/C13H17FO4S/c1-13(2,3)6-7-19(17,18)11-5-4-9(12(15)16)8-10(11)14/h4-5,8H,6-7H2,1-3H3,(H,15,16). The van der Waals surface area contributed by atoms with Gasteiger partial charge in [0.05, 0.1) is 11.3 Å². The van der Waals surface area contributed by atoms with Crippen LogP contribution in [0.25, 0.3) is 0 Å². The molecule has 106 valence electrons. The van der Waals surface area contributed by atoms with Gasteiger partial charge in [0.25, 0.3) is 0 Å². The van der Waals surface area contributed by atoms with E-state index in [1.54, 1.807) is 0 Å². The van der Waals surface area contributed by atoms with Gasteiger partial charge in [0.15, 0.2) is 9.84 Å². The third kappa shape index (κ3) is 4.31. The van der Waals surface area contributed by atoms with Crippen molar-refractivity contribution in [2.24, 2.45) is 5.41 Å². The maximum absolute atomic E-state index is 13.7. The van der Waals surface area contributed by atoms with E-state index in [2.05, 4.69) is 0 Å². The molecule has 1 aromatic carbocycles. The highest BCUT2D eigenvalue weighted by Crippen LogP contribution is 2.24. The highest BCUT2D eigenvalue weighted by molar-refractivity contribution is 7.91. The lowest BCUT2D eigenvalue weighted by Crippen LogP contribution is -2.16. The third-order valence-electron chi connectivity index (χ3n) is 2.63. The monoisotopic (exact) mass is 288 g/mol. The molecule has 0 radical (unpaired) electrons. The zero-order chi connectivity index (χ0) is 14.8. The van der Waals surface area contributed by atoms with Crippen molar-refractivity contribution in [1.82, 2.24) is 0 Å².